The van der Waals surface area contributed by atoms with Crippen LogP contribution in [0.3, 0.4) is 0 Å². The van der Waals surface area contributed by atoms with Crippen LogP contribution in [0.1, 0.15) is 19.4 Å². The smallest absolute Gasteiger partial charge is 0.236 e. The Bertz CT molecular complexity index is 404. The van der Waals surface area contributed by atoms with Crippen LogP contribution in [0, 0.1) is 0 Å². The summed E-state index contributed by atoms with van der Waals surface area (Å²) in [7, 11) is 0. The number of nitrogens with one attached hydrogen (secondary N) is 2. The molecule has 0 heterocycles. The monoisotopic (exact) mass is 271 g/mol. The average molecular weight is 272 g/mol. The van der Waals surface area contributed by atoms with Gasteiger partial charge in [0.15, 0.2) is 0 Å². The molecule has 1 atom stereocenters. The van der Waals surface area contributed by atoms with Crippen LogP contribution in [0.5, 0.6) is 0 Å². The highest BCUT2D eigenvalue weighted by atomic mass is 35.5. The van der Waals surface area contributed by atoms with Gasteiger partial charge in [-0.25, -0.2) is 0 Å². The molecule has 0 radical (unpaired) electrons. The summed E-state index contributed by atoms with van der Waals surface area (Å²) in [5.41, 5.74) is 7.11. The first-order valence-corrected chi connectivity index (χ1v) is 5.39. The summed E-state index contributed by atoms with van der Waals surface area (Å²) in [5.74, 6) is -0.293. The number of amides is 2. The number of halogens is 1. The number of hydrogen-bond donors (Lipinski definition) is 3. The van der Waals surface area contributed by atoms with Gasteiger partial charge >= 0.3 is 0 Å². The molecule has 0 bridgehead atoms. The van der Waals surface area contributed by atoms with Gasteiger partial charge in [-0.1, -0.05) is 12.1 Å². The molecule has 1 aromatic rings. The Morgan fingerprint density at radius 3 is 2.28 bits per heavy atom. The predicted octanol–water partition coefficient (Wildman–Crippen LogP) is 1.03. The molecule has 18 heavy (non-hydrogen) atoms. The van der Waals surface area contributed by atoms with Crippen molar-refractivity contribution in [3.05, 3.63) is 29.8 Å². The van der Waals surface area contributed by atoms with E-state index in [9.17, 15) is 9.59 Å². The fourth-order valence-corrected chi connectivity index (χ4v) is 1.26. The van der Waals surface area contributed by atoms with Gasteiger partial charge in [-0.2, -0.15) is 0 Å². The Kier molecular flexibility index (Phi) is 7.00. The lowest BCUT2D eigenvalue weighted by Crippen LogP contribution is -2.37. The van der Waals surface area contributed by atoms with Gasteiger partial charge in [0.05, 0.1) is 6.04 Å². The van der Waals surface area contributed by atoms with Crippen molar-refractivity contribution in [2.24, 2.45) is 5.73 Å². The average Bonchev–Trinajstić information content (AvgIpc) is 2.26. The fourth-order valence-electron chi connectivity index (χ4n) is 1.26. The minimum atomic E-state index is -0.506. The van der Waals surface area contributed by atoms with Crippen molar-refractivity contribution in [2.45, 2.75) is 26.4 Å². The van der Waals surface area contributed by atoms with Gasteiger partial charge in [0, 0.05) is 19.2 Å². The summed E-state index contributed by atoms with van der Waals surface area (Å²) < 4.78 is 0. The molecule has 0 spiro atoms. The minimum absolute atomic E-state index is 0. The number of rotatable bonds is 4. The number of benzene rings is 1. The molecule has 0 aliphatic rings. The van der Waals surface area contributed by atoms with E-state index >= 15 is 0 Å². The highest BCUT2D eigenvalue weighted by molar-refractivity contribution is 5.88. The van der Waals surface area contributed by atoms with Gasteiger partial charge < -0.3 is 16.4 Å². The fraction of sp³-hybridized carbons (Fsp3) is 0.333. The molecule has 1 rings (SSSR count). The van der Waals surface area contributed by atoms with Gasteiger partial charge in [0.1, 0.15) is 0 Å². The van der Waals surface area contributed by atoms with E-state index in [0.29, 0.717) is 6.54 Å². The molecular formula is C12H18ClN3O2. The van der Waals surface area contributed by atoms with E-state index in [2.05, 4.69) is 10.6 Å². The maximum absolute atomic E-state index is 11.2. The molecule has 5 nitrogen and oxygen atoms in total. The second kappa shape index (κ2) is 7.68. The first kappa shape index (κ1) is 16.4. The SMILES string of the molecule is CC(=O)Nc1ccc(CNC(=O)C(C)N)cc1.Cl. The maximum atomic E-state index is 11.2. The lowest BCUT2D eigenvalue weighted by atomic mass is 10.2. The van der Waals surface area contributed by atoms with Crippen LogP contribution in [0.25, 0.3) is 0 Å². The molecule has 4 N–H and O–H groups in total. The van der Waals surface area contributed by atoms with Crippen molar-refractivity contribution in [3.63, 3.8) is 0 Å². The van der Waals surface area contributed by atoms with Crippen molar-refractivity contribution in [1.82, 2.24) is 5.32 Å². The standard InChI is InChI=1S/C12H17N3O2.ClH/c1-8(13)12(17)14-7-10-3-5-11(6-4-10)15-9(2)16;/h3-6,8H,7,13H2,1-2H3,(H,14,17)(H,15,16);1H. The zero-order valence-electron chi connectivity index (χ0n) is 10.4. The third-order valence-electron chi connectivity index (χ3n) is 2.15. The van der Waals surface area contributed by atoms with E-state index in [1.165, 1.54) is 6.92 Å². The van der Waals surface area contributed by atoms with E-state index < -0.39 is 6.04 Å². The van der Waals surface area contributed by atoms with Crippen molar-refractivity contribution in [2.75, 3.05) is 5.32 Å². The zero-order chi connectivity index (χ0) is 12.8. The van der Waals surface area contributed by atoms with Crippen LogP contribution in [0.2, 0.25) is 0 Å². The number of anilines is 1. The molecule has 1 unspecified atom stereocenters. The second-order valence-corrected chi connectivity index (χ2v) is 3.88. The minimum Gasteiger partial charge on any atom is -0.351 e. The van der Waals surface area contributed by atoms with Crippen LogP contribution >= 0.6 is 12.4 Å². The van der Waals surface area contributed by atoms with Crippen molar-refractivity contribution >= 4 is 29.9 Å². The van der Waals surface area contributed by atoms with Crippen LogP contribution < -0.4 is 16.4 Å². The van der Waals surface area contributed by atoms with Crippen LogP contribution in [0.4, 0.5) is 5.69 Å². The van der Waals surface area contributed by atoms with Crippen molar-refractivity contribution < 1.29 is 9.59 Å². The molecule has 0 aliphatic carbocycles. The van der Waals surface area contributed by atoms with Crippen LogP contribution in [-0.2, 0) is 16.1 Å². The molecule has 6 heteroatoms. The molecular weight excluding hydrogens is 254 g/mol. The largest absolute Gasteiger partial charge is 0.351 e. The summed E-state index contributed by atoms with van der Waals surface area (Å²) in [6.45, 7) is 3.52. The molecule has 0 aromatic heterocycles. The summed E-state index contributed by atoms with van der Waals surface area (Å²) in [4.78, 5) is 22.0. The van der Waals surface area contributed by atoms with E-state index in [0.717, 1.165) is 11.3 Å². The maximum Gasteiger partial charge on any atom is 0.236 e. The Morgan fingerprint density at radius 1 is 1.28 bits per heavy atom. The summed E-state index contributed by atoms with van der Waals surface area (Å²) in [6.07, 6.45) is 0. The highest BCUT2D eigenvalue weighted by Crippen LogP contribution is 2.09. The highest BCUT2D eigenvalue weighted by Gasteiger charge is 2.05. The number of nitrogens with two attached hydrogens (primary N) is 1. The summed E-state index contributed by atoms with van der Waals surface area (Å²) in [5, 5.41) is 5.38. The third-order valence-corrected chi connectivity index (χ3v) is 2.15. The quantitative estimate of drug-likeness (QED) is 0.765. The van der Waals surface area contributed by atoms with E-state index in [-0.39, 0.29) is 24.2 Å². The van der Waals surface area contributed by atoms with E-state index in [1.54, 1.807) is 19.1 Å². The van der Waals surface area contributed by atoms with Crippen molar-refractivity contribution in [1.29, 1.82) is 0 Å². The lowest BCUT2D eigenvalue weighted by Gasteiger charge is -2.08. The predicted molar refractivity (Wildman–Crippen MR) is 73.5 cm³/mol. The Balaban J connectivity index is 0.00000289. The van der Waals surface area contributed by atoms with Gasteiger partial charge in [-0.15, -0.1) is 12.4 Å². The molecule has 0 saturated carbocycles. The lowest BCUT2D eigenvalue weighted by molar-refractivity contribution is -0.122. The molecule has 1 aromatic carbocycles. The topological polar surface area (TPSA) is 84.2 Å². The Labute approximate surface area is 113 Å². The molecule has 0 saturated heterocycles. The molecule has 0 fully saturated rings. The number of hydrogen-bond acceptors (Lipinski definition) is 3. The normalized spacial score (nSPS) is 11.1. The number of carbonyl (C=O) groups is 2. The zero-order valence-corrected chi connectivity index (χ0v) is 11.2. The van der Waals surface area contributed by atoms with Crippen LogP contribution in [-0.4, -0.2) is 17.9 Å². The first-order valence-electron chi connectivity index (χ1n) is 5.39. The Morgan fingerprint density at radius 2 is 1.83 bits per heavy atom. The molecule has 0 aliphatic heterocycles. The first-order chi connectivity index (χ1) is 7.99. The van der Waals surface area contributed by atoms with E-state index in [1.807, 2.05) is 12.1 Å². The molecule has 2 amide bonds. The number of carbonyl (C=O) groups excluding carboxylic acids is 2. The summed E-state index contributed by atoms with van der Waals surface area (Å²) in [6, 6.07) is 6.75. The van der Waals surface area contributed by atoms with Gasteiger partial charge in [-0.3, -0.25) is 9.59 Å². The van der Waals surface area contributed by atoms with Crippen LogP contribution in [0.15, 0.2) is 24.3 Å². The molecule has 100 valence electrons. The van der Waals surface area contributed by atoms with Gasteiger partial charge in [0.2, 0.25) is 11.8 Å². The third kappa shape index (κ3) is 5.65. The van der Waals surface area contributed by atoms with Gasteiger partial charge in [-0.05, 0) is 24.6 Å². The van der Waals surface area contributed by atoms with E-state index in [4.69, 9.17) is 5.73 Å². The van der Waals surface area contributed by atoms with Crippen molar-refractivity contribution in [3.8, 4) is 0 Å². The summed E-state index contributed by atoms with van der Waals surface area (Å²) >= 11 is 0. The van der Waals surface area contributed by atoms with Gasteiger partial charge in [0.25, 0.3) is 0 Å². The second-order valence-electron chi connectivity index (χ2n) is 3.88. The Hall–Kier alpha value is -1.59.